The van der Waals surface area contributed by atoms with Crippen LogP contribution in [0.25, 0.3) is 12.2 Å². The quantitative estimate of drug-likeness (QED) is 0.563. The fourth-order valence-electron chi connectivity index (χ4n) is 3.62. The number of rotatable bonds is 5. The summed E-state index contributed by atoms with van der Waals surface area (Å²) in [6.45, 7) is 0. The Bertz CT molecular complexity index is 703. The molecule has 0 atom stereocenters. The molecule has 1 fully saturated rings. The zero-order valence-corrected chi connectivity index (χ0v) is 15.7. The molecule has 0 amide bonds. The fraction of sp³-hybridized carbons (Fsp3) is 0.364. The topological polar surface area (TPSA) is 18.5 Å². The van der Waals surface area contributed by atoms with Gasteiger partial charge in [-0.1, -0.05) is 55.1 Å². The first-order chi connectivity index (χ1) is 12.2. The maximum absolute atomic E-state index is 5.94. The highest BCUT2D eigenvalue weighted by atomic mass is 35.5. The largest absolute Gasteiger partial charge is 0.496 e. The van der Waals surface area contributed by atoms with Crippen molar-refractivity contribution in [3.8, 4) is 11.5 Å². The van der Waals surface area contributed by atoms with Gasteiger partial charge >= 0.3 is 0 Å². The van der Waals surface area contributed by atoms with E-state index in [-0.39, 0.29) is 0 Å². The molecule has 2 nitrogen and oxygen atoms in total. The van der Waals surface area contributed by atoms with Crippen molar-refractivity contribution in [2.75, 3.05) is 14.2 Å². The molecule has 1 saturated carbocycles. The standard InChI is InChI=1S/C22H25ClO2/c1-24-20-14-17(9-8-16-10-12-19(23)13-11-16)15-21(25-2)22(20)18-6-4-3-5-7-18/h8-15,18H,3-7H2,1-2H3/b9-8+. The molecule has 0 saturated heterocycles. The van der Waals surface area contributed by atoms with Gasteiger partial charge in [0.15, 0.2) is 0 Å². The van der Waals surface area contributed by atoms with Crippen LogP contribution in [-0.2, 0) is 0 Å². The summed E-state index contributed by atoms with van der Waals surface area (Å²) in [6, 6.07) is 12.0. The van der Waals surface area contributed by atoms with Crippen molar-refractivity contribution in [3.05, 3.63) is 58.1 Å². The van der Waals surface area contributed by atoms with Gasteiger partial charge in [0, 0.05) is 10.6 Å². The Morgan fingerprint density at radius 3 is 1.96 bits per heavy atom. The second-order valence-electron chi connectivity index (χ2n) is 6.56. The minimum absolute atomic E-state index is 0.535. The lowest BCUT2D eigenvalue weighted by Gasteiger charge is -2.26. The number of benzene rings is 2. The third-order valence-electron chi connectivity index (χ3n) is 4.92. The van der Waals surface area contributed by atoms with Crippen molar-refractivity contribution in [2.24, 2.45) is 0 Å². The van der Waals surface area contributed by atoms with E-state index in [0.717, 1.165) is 27.6 Å². The predicted molar refractivity (Wildman–Crippen MR) is 106 cm³/mol. The van der Waals surface area contributed by atoms with Crippen molar-refractivity contribution >= 4 is 23.8 Å². The predicted octanol–water partition coefficient (Wildman–Crippen LogP) is 6.58. The second-order valence-corrected chi connectivity index (χ2v) is 7.00. The van der Waals surface area contributed by atoms with Crippen molar-refractivity contribution in [2.45, 2.75) is 38.0 Å². The molecule has 0 heterocycles. The summed E-state index contributed by atoms with van der Waals surface area (Å²) in [6.07, 6.45) is 10.5. The monoisotopic (exact) mass is 356 g/mol. The maximum atomic E-state index is 5.94. The van der Waals surface area contributed by atoms with Gasteiger partial charge in [0.25, 0.3) is 0 Å². The molecule has 3 heteroatoms. The molecule has 1 aliphatic carbocycles. The van der Waals surface area contributed by atoms with Crippen LogP contribution in [0.2, 0.25) is 5.02 Å². The van der Waals surface area contributed by atoms with E-state index in [9.17, 15) is 0 Å². The van der Waals surface area contributed by atoms with Gasteiger partial charge in [0.2, 0.25) is 0 Å². The van der Waals surface area contributed by atoms with Crippen LogP contribution in [0, 0.1) is 0 Å². The van der Waals surface area contributed by atoms with Gasteiger partial charge in [0.05, 0.1) is 14.2 Å². The van der Waals surface area contributed by atoms with Gasteiger partial charge in [-0.15, -0.1) is 0 Å². The van der Waals surface area contributed by atoms with Gasteiger partial charge in [-0.05, 0) is 54.2 Å². The van der Waals surface area contributed by atoms with Crippen LogP contribution < -0.4 is 9.47 Å². The summed E-state index contributed by atoms with van der Waals surface area (Å²) in [7, 11) is 3.49. The Morgan fingerprint density at radius 2 is 1.40 bits per heavy atom. The van der Waals surface area contributed by atoms with E-state index in [4.69, 9.17) is 21.1 Å². The van der Waals surface area contributed by atoms with Crippen LogP contribution in [0.15, 0.2) is 36.4 Å². The molecular weight excluding hydrogens is 332 g/mol. The van der Waals surface area contributed by atoms with Crippen molar-refractivity contribution in [1.82, 2.24) is 0 Å². The molecule has 132 valence electrons. The molecule has 0 radical (unpaired) electrons. The summed E-state index contributed by atoms with van der Waals surface area (Å²) in [5, 5.41) is 0.748. The SMILES string of the molecule is COc1cc(/C=C/c2ccc(Cl)cc2)cc(OC)c1C1CCCCC1. The average molecular weight is 357 g/mol. The zero-order chi connectivity index (χ0) is 17.6. The van der Waals surface area contributed by atoms with Crippen LogP contribution in [-0.4, -0.2) is 14.2 Å². The van der Waals surface area contributed by atoms with E-state index in [2.05, 4.69) is 24.3 Å². The number of ether oxygens (including phenoxy) is 2. The first-order valence-corrected chi connectivity index (χ1v) is 9.28. The van der Waals surface area contributed by atoms with Gasteiger partial charge in [-0.25, -0.2) is 0 Å². The van der Waals surface area contributed by atoms with E-state index in [1.165, 1.54) is 37.7 Å². The minimum Gasteiger partial charge on any atom is -0.496 e. The number of methoxy groups -OCH3 is 2. The van der Waals surface area contributed by atoms with E-state index >= 15 is 0 Å². The van der Waals surface area contributed by atoms with E-state index < -0.39 is 0 Å². The van der Waals surface area contributed by atoms with Crippen LogP contribution in [0.3, 0.4) is 0 Å². The Morgan fingerprint density at radius 1 is 0.840 bits per heavy atom. The summed E-state index contributed by atoms with van der Waals surface area (Å²) in [4.78, 5) is 0. The van der Waals surface area contributed by atoms with Gasteiger partial charge < -0.3 is 9.47 Å². The lowest BCUT2D eigenvalue weighted by molar-refractivity contribution is 0.359. The molecule has 0 N–H and O–H groups in total. The van der Waals surface area contributed by atoms with Crippen molar-refractivity contribution in [1.29, 1.82) is 0 Å². The molecule has 1 aliphatic rings. The molecule has 3 rings (SSSR count). The summed E-state index contributed by atoms with van der Waals surface area (Å²) in [5.41, 5.74) is 3.41. The zero-order valence-electron chi connectivity index (χ0n) is 14.9. The normalized spacial score (nSPS) is 15.5. The molecule has 0 spiro atoms. The third-order valence-corrected chi connectivity index (χ3v) is 5.17. The lowest BCUT2D eigenvalue weighted by Crippen LogP contribution is -2.08. The highest BCUT2D eigenvalue weighted by Crippen LogP contribution is 2.43. The minimum atomic E-state index is 0.535. The van der Waals surface area contributed by atoms with Crippen LogP contribution in [0.4, 0.5) is 0 Å². The summed E-state index contributed by atoms with van der Waals surface area (Å²) >= 11 is 5.94. The first kappa shape index (κ1) is 17.9. The Kier molecular flexibility index (Phi) is 6.04. The smallest absolute Gasteiger partial charge is 0.126 e. The Labute approximate surface area is 155 Å². The van der Waals surface area contributed by atoms with Gasteiger partial charge in [-0.3, -0.25) is 0 Å². The molecule has 0 aliphatic heterocycles. The molecule has 2 aromatic carbocycles. The molecule has 0 unspecified atom stereocenters. The molecule has 2 aromatic rings. The summed E-state index contributed by atoms with van der Waals surface area (Å²) in [5.74, 6) is 2.40. The second kappa shape index (κ2) is 8.44. The van der Waals surface area contributed by atoms with E-state index in [0.29, 0.717) is 5.92 Å². The van der Waals surface area contributed by atoms with Crippen LogP contribution >= 0.6 is 11.6 Å². The maximum Gasteiger partial charge on any atom is 0.126 e. The van der Waals surface area contributed by atoms with Crippen LogP contribution in [0.5, 0.6) is 11.5 Å². The molecule has 25 heavy (non-hydrogen) atoms. The van der Waals surface area contributed by atoms with Crippen molar-refractivity contribution < 1.29 is 9.47 Å². The molecule has 0 bridgehead atoms. The fourth-order valence-corrected chi connectivity index (χ4v) is 3.74. The Balaban J connectivity index is 1.91. The molecule has 0 aromatic heterocycles. The lowest BCUT2D eigenvalue weighted by atomic mass is 9.82. The summed E-state index contributed by atoms with van der Waals surface area (Å²) < 4.78 is 11.4. The number of hydrogen-bond acceptors (Lipinski definition) is 2. The highest BCUT2D eigenvalue weighted by Gasteiger charge is 2.23. The van der Waals surface area contributed by atoms with Gasteiger partial charge in [-0.2, -0.15) is 0 Å². The van der Waals surface area contributed by atoms with E-state index in [1.807, 2.05) is 24.3 Å². The van der Waals surface area contributed by atoms with E-state index in [1.54, 1.807) is 14.2 Å². The third kappa shape index (κ3) is 4.38. The van der Waals surface area contributed by atoms with Crippen molar-refractivity contribution in [3.63, 3.8) is 0 Å². The first-order valence-electron chi connectivity index (χ1n) is 8.91. The highest BCUT2D eigenvalue weighted by molar-refractivity contribution is 6.30. The van der Waals surface area contributed by atoms with Gasteiger partial charge in [0.1, 0.15) is 11.5 Å². The number of halogens is 1. The Hall–Kier alpha value is -1.93. The number of hydrogen-bond donors (Lipinski definition) is 0. The van der Waals surface area contributed by atoms with Crippen LogP contribution in [0.1, 0.15) is 54.7 Å². The average Bonchev–Trinajstić information content (AvgIpc) is 2.67. The molecular formula is C22H25ClO2.